The molecule has 106 valence electrons. The molecular weight excluding hydrogens is 274 g/mol. The summed E-state index contributed by atoms with van der Waals surface area (Å²) in [5.41, 5.74) is 0.724. The Balaban J connectivity index is 2.23. The number of nitrogens with one attached hydrogen (secondary N) is 1. The molecule has 2 aromatic rings. The van der Waals surface area contributed by atoms with Crippen molar-refractivity contribution in [3.8, 4) is 22.9 Å². The fraction of sp³-hybridized carbons (Fsp3) is 0.429. The number of benzene rings is 1. The molecule has 2 heterocycles. The molecule has 1 aromatic heterocycles. The van der Waals surface area contributed by atoms with Crippen LogP contribution in [0.3, 0.4) is 0 Å². The van der Waals surface area contributed by atoms with E-state index in [1.807, 2.05) is 22.8 Å². The largest absolute Gasteiger partial charge is 0.486 e. The van der Waals surface area contributed by atoms with Crippen LogP contribution in [0.25, 0.3) is 11.4 Å². The number of hydrogen-bond acceptors (Lipinski definition) is 4. The fourth-order valence-electron chi connectivity index (χ4n) is 2.35. The molecule has 1 aromatic carbocycles. The van der Waals surface area contributed by atoms with E-state index >= 15 is 0 Å². The highest BCUT2D eigenvalue weighted by Crippen LogP contribution is 2.40. The maximum absolute atomic E-state index is 5.76. The van der Waals surface area contributed by atoms with Crippen molar-refractivity contribution in [2.45, 2.75) is 26.3 Å². The number of para-hydroxylation sites is 1. The van der Waals surface area contributed by atoms with Crippen molar-refractivity contribution in [3.05, 3.63) is 23.0 Å². The van der Waals surface area contributed by atoms with E-state index in [2.05, 4.69) is 31.0 Å². The minimum Gasteiger partial charge on any atom is -0.486 e. The molecule has 5 nitrogen and oxygen atoms in total. The Bertz CT molecular complexity index is 697. The molecule has 0 aliphatic carbocycles. The Morgan fingerprint density at radius 3 is 2.75 bits per heavy atom. The monoisotopic (exact) mass is 291 g/mol. The van der Waals surface area contributed by atoms with Crippen molar-refractivity contribution in [1.82, 2.24) is 14.8 Å². The summed E-state index contributed by atoms with van der Waals surface area (Å²) in [6.45, 7) is 7.39. The highest BCUT2D eigenvalue weighted by atomic mass is 32.1. The molecule has 1 aliphatic rings. The van der Waals surface area contributed by atoms with Gasteiger partial charge in [-0.05, 0) is 45.1 Å². The van der Waals surface area contributed by atoms with Crippen LogP contribution in [0.4, 0.5) is 0 Å². The summed E-state index contributed by atoms with van der Waals surface area (Å²) in [6, 6.07) is 5.81. The van der Waals surface area contributed by atoms with Gasteiger partial charge >= 0.3 is 0 Å². The van der Waals surface area contributed by atoms with Crippen LogP contribution in [0.15, 0.2) is 18.2 Å². The Labute approximate surface area is 122 Å². The van der Waals surface area contributed by atoms with Crippen LogP contribution in [0, 0.1) is 4.77 Å². The summed E-state index contributed by atoms with van der Waals surface area (Å²) in [4.78, 5) is 0. The van der Waals surface area contributed by atoms with Gasteiger partial charge in [0.25, 0.3) is 0 Å². The quantitative estimate of drug-likeness (QED) is 0.820. The zero-order valence-electron chi connectivity index (χ0n) is 11.8. The fourth-order valence-corrected chi connectivity index (χ4v) is 2.76. The van der Waals surface area contributed by atoms with Crippen molar-refractivity contribution >= 4 is 12.2 Å². The summed E-state index contributed by atoms with van der Waals surface area (Å²) in [5.74, 6) is 2.26. The number of nitrogens with zero attached hydrogens (tertiary/aromatic N) is 2. The van der Waals surface area contributed by atoms with Crippen LogP contribution in [0.2, 0.25) is 0 Å². The van der Waals surface area contributed by atoms with Crippen molar-refractivity contribution in [3.63, 3.8) is 0 Å². The lowest BCUT2D eigenvalue weighted by Crippen LogP contribution is -2.23. The minimum atomic E-state index is -0.169. The van der Waals surface area contributed by atoms with Gasteiger partial charge in [0.15, 0.2) is 22.1 Å². The predicted molar refractivity (Wildman–Crippen MR) is 78.8 cm³/mol. The van der Waals surface area contributed by atoms with E-state index in [0.29, 0.717) is 18.0 Å². The normalized spacial score (nSPS) is 14.3. The SMILES string of the molecule is CC(C)(C)n1c(-c2cccc3c2OCCO3)n[nH]c1=S. The van der Waals surface area contributed by atoms with Gasteiger partial charge in [-0.1, -0.05) is 6.07 Å². The number of aromatic amines is 1. The molecule has 0 unspecified atom stereocenters. The van der Waals surface area contributed by atoms with E-state index in [1.54, 1.807) is 0 Å². The van der Waals surface area contributed by atoms with Gasteiger partial charge < -0.3 is 9.47 Å². The molecule has 0 fully saturated rings. The standard InChI is InChI=1S/C14H17N3O2S/c1-14(2,3)17-12(15-16-13(17)20)9-5-4-6-10-11(9)19-8-7-18-10/h4-6H,7-8H2,1-3H3,(H,16,20). The predicted octanol–water partition coefficient (Wildman–Crippen LogP) is 3.13. The van der Waals surface area contributed by atoms with E-state index in [1.165, 1.54) is 0 Å². The Hall–Kier alpha value is -1.82. The highest BCUT2D eigenvalue weighted by molar-refractivity contribution is 7.71. The average Bonchev–Trinajstić information content (AvgIpc) is 2.80. The zero-order valence-corrected chi connectivity index (χ0v) is 12.6. The maximum Gasteiger partial charge on any atom is 0.195 e. The first-order chi connectivity index (χ1) is 9.48. The molecule has 3 rings (SSSR count). The molecule has 0 amide bonds. The van der Waals surface area contributed by atoms with Gasteiger partial charge in [0.1, 0.15) is 13.2 Å². The Morgan fingerprint density at radius 1 is 1.25 bits per heavy atom. The topological polar surface area (TPSA) is 52.1 Å². The van der Waals surface area contributed by atoms with E-state index in [-0.39, 0.29) is 5.54 Å². The molecule has 0 radical (unpaired) electrons. The lowest BCUT2D eigenvalue weighted by atomic mass is 10.1. The molecule has 0 bridgehead atoms. The second kappa shape index (κ2) is 4.63. The van der Waals surface area contributed by atoms with Gasteiger partial charge in [-0.25, -0.2) is 0 Å². The summed E-state index contributed by atoms with van der Waals surface area (Å²) >= 11 is 5.35. The third-order valence-electron chi connectivity index (χ3n) is 3.15. The van der Waals surface area contributed by atoms with Gasteiger partial charge in [0.2, 0.25) is 0 Å². The van der Waals surface area contributed by atoms with Crippen LogP contribution in [0.1, 0.15) is 20.8 Å². The van der Waals surface area contributed by atoms with Crippen molar-refractivity contribution < 1.29 is 9.47 Å². The van der Waals surface area contributed by atoms with Crippen molar-refractivity contribution in [1.29, 1.82) is 0 Å². The molecule has 20 heavy (non-hydrogen) atoms. The van der Waals surface area contributed by atoms with E-state index < -0.39 is 0 Å². The second-order valence-electron chi connectivity index (χ2n) is 5.69. The summed E-state index contributed by atoms with van der Waals surface area (Å²) in [5, 5.41) is 7.24. The summed E-state index contributed by atoms with van der Waals surface area (Å²) < 4.78 is 14.0. The van der Waals surface area contributed by atoms with Gasteiger partial charge in [0, 0.05) is 5.54 Å². The molecule has 0 saturated heterocycles. The maximum atomic E-state index is 5.76. The average molecular weight is 291 g/mol. The molecular formula is C14H17N3O2S. The number of aromatic nitrogens is 3. The molecule has 1 N–H and O–H groups in total. The van der Waals surface area contributed by atoms with Gasteiger partial charge in [0.05, 0.1) is 5.56 Å². The minimum absolute atomic E-state index is 0.169. The van der Waals surface area contributed by atoms with Crippen LogP contribution >= 0.6 is 12.2 Å². The summed E-state index contributed by atoms with van der Waals surface area (Å²) in [7, 11) is 0. The number of hydrogen-bond donors (Lipinski definition) is 1. The van der Waals surface area contributed by atoms with Crippen LogP contribution in [0.5, 0.6) is 11.5 Å². The number of rotatable bonds is 1. The van der Waals surface area contributed by atoms with E-state index in [4.69, 9.17) is 21.7 Å². The molecule has 1 aliphatic heterocycles. The van der Waals surface area contributed by atoms with E-state index in [0.717, 1.165) is 22.9 Å². The smallest absolute Gasteiger partial charge is 0.195 e. The van der Waals surface area contributed by atoms with Crippen molar-refractivity contribution in [2.75, 3.05) is 13.2 Å². The first-order valence-electron chi connectivity index (χ1n) is 6.55. The van der Waals surface area contributed by atoms with E-state index in [9.17, 15) is 0 Å². The summed E-state index contributed by atoms with van der Waals surface area (Å²) in [6.07, 6.45) is 0. The third kappa shape index (κ3) is 2.10. The lowest BCUT2D eigenvalue weighted by molar-refractivity contribution is 0.172. The van der Waals surface area contributed by atoms with Crippen LogP contribution in [-0.2, 0) is 5.54 Å². The van der Waals surface area contributed by atoms with Crippen molar-refractivity contribution in [2.24, 2.45) is 0 Å². The van der Waals surface area contributed by atoms with Gasteiger partial charge in [-0.15, -0.1) is 0 Å². The van der Waals surface area contributed by atoms with Gasteiger partial charge in [-0.2, -0.15) is 5.10 Å². The van der Waals surface area contributed by atoms with Gasteiger partial charge in [-0.3, -0.25) is 9.67 Å². The first-order valence-corrected chi connectivity index (χ1v) is 6.96. The number of ether oxygens (including phenoxy) is 2. The third-order valence-corrected chi connectivity index (χ3v) is 3.42. The number of fused-ring (bicyclic) bond motifs is 1. The van der Waals surface area contributed by atoms with Crippen LogP contribution in [-0.4, -0.2) is 28.0 Å². The second-order valence-corrected chi connectivity index (χ2v) is 6.08. The zero-order chi connectivity index (χ0) is 14.3. The Kier molecular flexibility index (Phi) is 3.05. The molecule has 0 saturated carbocycles. The van der Waals surface area contributed by atoms with Crippen LogP contribution < -0.4 is 9.47 Å². The molecule has 0 spiro atoms. The lowest BCUT2D eigenvalue weighted by Gasteiger charge is -2.25. The number of H-pyrrole nitrogens is 1. The Morgan fingerprint density at radius 2 is 2.00 bits per heavy atom. The molecule has 6 heteroatoms. The molecule has 0 atom stereocenters. The highest BCUT2D eigenvalue weighted by Gasteiger charge is 2.25. The first kappa shape index (κ1) is 13.2.